The van der Waals surface area contributed by atoms with Gasteiger partial charge in [0, 0.05) is 42.9 Å². The molecule has 0 saturated carbocycles. The van der Waals surface area contributed by atoms with Gasteiger partial charge in [-0.15, -0.1) is 0 Å². The molecule has 32 heavy (non-hydrogen) atoms. The largest absolute Gasteiger partial charge is 0.383 e. The number of carbonyl (C=O) groups is 3. The Morgan fingerprint density at radius 3 is 2.62 bits per heavy atom. The van der Waals surface area contributed by atoms with Gasteiger partial charge in [0.1, 0.15) is 6.54 Å². The summed E-state index contributed by atoms with van der Waals surface area (Å²) in [5.74, 6) is -0.855. The molecule has 1 aliphatic heterocycles. The number of aromatic nitrogens is 1. The molecule has 1 aliphatic rings. The normalized spacial score (nSPS) is 15.2. The molecular formula is C24H23N3O4S. The van der Waals surface area contributed by atoms with Gasteiger partial charge >= 0.3 is 0 Å². The summed E-state index contributed by atoms with van der Waals surface area (Å²) in [6, 6.07) is 18.1. The number of fused-ring (bicyclic) bond motifs is 1. The van der Waals surface area contributed by atoms with Crippen molar-refractivity contribution in [1.82, 2.24) is 14.8 Å². The van der Waals surface area contributed by atoms with Crippen LogP contribution in [-0.2, 0) is 20.9 Å². The average Bonchev–Trinajstić information content (AvgIpc) is 3.27. The zero-order valence-electron chi connectivity index (χ0n) is 17.6. The minimum Gasteiger partial charge on any atom is -0.383 e. The van der Waals surface area contributed by atoms with Crippen LogP contribution in [0.2, 0.25) is 0 Å². The molecule has 1 N–H and O–H groups in total. The Morgan fingerprint density at radius 2 is 1.84 bits per heavy atom. The highest BCUT2D eigenvalue weighted by molar-refractivity contribution is 8.18. The van der Waals surface area contributed by atoms with Crippen molar-refractivity contribution in [3.63, 3.8) is 0 Å². The van der Waals surface area contributed by atoms with Crippen LogP contribution in [0.4, 0.5) is 4.79 Å². The van der Waals surface area contributed by atoms with Crippen LogP contribution in [-0.4, -0.2) is 53.3 Å². The van der Waals surface area contributed by atoms with Crippen molar-refractivity contribution in [2.75, 3.05) is 26.8 Å². The van der Waals surface area contributed by atoms with Crippen LogP contribution in [0, 0.1) is 0 Å². The summed E-state index contributed by atoms with van der Waals surface area (Å²) >= 11 is 0.853. The molecule has 0 radical (unpaired) electrons. The van der Waals surface area contributed by atoms with Crippen molar-refractivity contribution in [1.29, 1.82) is 0 Å². The Kier molecular flexibility index (Phi) is 6.72. The SMILES string of the molecule is COCCNC(=O)CN1C(=O)S/C(=C\c2cn(Cc3ccccc3)c3ccccc23)C1=O. The molecule has 0 atom stereocenters. The van der Waals surface area contributed by atoms with E-state index in [4.69, 9.17) is 4.74 Å². The van der Waals surface area contributed by atoms with E-state index in [0.29, 0.717) is 24.6 Å². The summed E-state index contributed by atoms with van der Waals surface area (Å²) < 4.78 is 7.01. The van der Waals surface area contributed by atoms with E-state index in [2.05, 4.69) is 22.0 Å². The van der Waals surface area contributed by atoms with E-state index in [1.54, 1.807) is 6.08 Å². The third kappa shape index (κ3) is 4.76. The highest BCUT2D eigenvalue weighted by Crippen LogP contribution is 2.34. The summed E-state index contributed by atoms with van der Waals surface area (Å²) in [6.45, 7) is 1.07. The first-order valence-corrected chi connectivity index (χ1v) is 11.0. The zero-order chi connectivity index (χ0) is 22.5. The molecule has 1 saturated heterocycles. The second-order valence-corrected chi connectivity index (χ2v) is 8.32. The third-order valence-corrected chi connectivity index (χ3v) is 6.01. The molecule has 2 heterocycles. The molecule has 1 aromatic heterocycles. The number of ether oxygens (including phenoxy) is 1. The zero-order valence-corrected chi connectivity index (χ0v) is 18.4. The van der Waals surface area contributed by atoms with Crippen molar-refractivity contribution >= 4 is 45.8 Å². The lowest BCUT2D eigenvalue weighted by atomic mass is 10.1. The van der Waals surface area contributed by atoms with Crippen LogP contribution in [0.3, 0.4) is 0 Å². The van der Waals surface area contributed by atoms with Crippen LogP contribution in [0.1, 0.15) is 11.1 Å². The fourth-order valence-corrected chi connectivity index (χ4v) is 4.40. The topological polar surface area (TPSA) is 80.6 Å². The van der Waals surface area contributed by atoms with E-state index in [1.165, 1.54) is 12.7 Å². The number of imide groups is 1. The van der Waals surface area contributed by atoms with Crippen LogP contribution < -0.4 is 5.32 Å². The van der Waals surface area contributed by atoms with E-state index in [1.807, 2.05) is 48.7 Å². The van der Waals surface area contributed by atoms with Crippen LogP contribution in [0.5, 0.6) is 0 Å². The number of para-hydroxylation sites is 1. The first-order valence-electron chi connectivity index (χ1n) is 10.2. The molecule has 164 valence electrons. The van der Waals surface area contributed by atoms with Crippen LogP contribution >= 0.6 is 11.8 Å². The van der Waals surface area contributed by atoms with Gasteiger partial charge in [0.05, 0.1) is 11.5 Å². The van der Waals surface area contributed by atoms with Gasteiger partial charge in [-0.25, -0.2) is 0 Å². The molecule has 0 bridgehead atoms. The number of nitrogens with zero attached hydrogens (tertiary/aromatic N) is 2. The highest BCUT2D eigenvalue weighted by atomic mass is 32.2. The van der Waals surface area contributed by atoms with Crippen molar-refractivity contribution in [3.05, 3.63) is 76.8 Å². The number of hydrogen-bond donors (Lipinski definition) is 1. The second-order valence-electron chi connectivity index (χ2n) is 7.33. The molecule has 0 unspecified atom stereocenters. The summed E-state index contributed by atoms with van der Waals surface area (Å²) in [5, 5.41) is 3.17. The van der Waals surface area contributed by atoms with Crippen molar-refractivity contribution in [2.45, 2.75) is 6.54 Å². The molecule has 3 aromatic rings. The van der Waals surface area contributed by atoms with Gasteiger partial charge in [0.2, 0.25) is 5.91 Å². The van der Waals surface area contributed by atoms with Gasteiger partial charge in [0.25, 0.3) is 11.1 Å². The maximum absolute atomic E-state index is 12.8. The Bertz CT molecular complexity index is 1190. The number of rotatable bonds is 8. The van der Waals surface area contributed by atoms with Crippen molar-refractivity contribution in [2.24, 2.45) is 0 Å². The quantitative estimate of drug-likeness (QED) is 0.421. The Labute approximate surface area is 190 Å². The standard InChI is InChI=1S/C24H23N3O4S/c1-31-12-11-25-22(28)16-27-23(29)21(32-24(27)30)13-18-15-26(14-17-7-3-2-4-8-17)20-10-6-5-9-19(18)20/h2-10,13,15H,11-12,14,16H2,1H3,(H,25,28)/b21-13-. The molecular weight excluding hydrogens is 426 g/mol. The molecule has 2 aromatic carbocycles. The lowest BCUT2D eigenvalue weighted by Gasteiger charge is -2.12. The highest BCUT2D eigenvalue weighted by Gasteiger charge is 2.36. The second kappa shape index (κ2) is 9.84. The fraction of sp³-hybridized carbons (Fsp3) is 0.208. The lowest BCUT2D eigenvalue weighted by molar-refractivity contribution is -0.129. The first-order chi connectivity index (χ1) is 15.6. The molecule has 4 rings (SSSR count). The van der Waals surface area contributed by atoms with Gasteiger partial charge in [-0.3, -0.25) is 19.3 Å². The maximum Gasteiger partial charge on any atom is 0.294 e. The third-order valence-electron chi connectivity index (χ3n) is 5.11. The van der Waals surface area contributed by atoms with Crippen LogP contribution in [0.15, 0.2) is 65.7 Å². The fourth-order valence-electron chi connectivity index (χ4n) is 3.57. The van der Waals surface area contributed by atoms with Crippen molar-refractivity contribution in [3.8, 4) is 0 Å². The van der Waals surface area contributed by atoms with Gasteiger partial charge < -0.3 is 14.6 Å². The van der Waals surface area contributed by atoms with Crippen LogP contribution in [0.25, 0.3) is 17.0 Å². The number of thioether (sulfide) groups is 1. The van der Waals surface area contributed by atoms with Gasteiger partial charge in [-0.1, -0.05) is 48.5 Å². The lowest BCUT2D eigenvalue weighted by Crippen LogP contribution is -2.40. The predicted octanol–water partition coefficient (Wildman–Crippen LogP) is 3.49. The average molecular weight is 450 g/mol. The summed E-state index contributed by atoms with van der Waals surface area (Å²) in [5.41, 5.74) is 3.06. The first kappa shape index (κ1) is 21.9. The van der Waals surface area contributed by atoms with Gasteiger partial charge in [0.15, 0.2) is 0 Å². The maximum atomic E-state index is 12.8. The van der Waals surface area contributed by atoms with E-state index in [9.17, 15) is 14.4 Å². The number of hydrogen-bond acceptors (Lipinski definition) is 5. The summed E-state index contributed by atoms with van der Waals surface area (Å²) in [4.78, 5) is 38.5. The Morgan fingerprint density at radius 1 is 1.09 bits per heavy atom. The van der Waals surface area contributed by atoms with Gasteiger partial charge in [-0.05, 0) is 29.5 Å². The Balaban J connectivity index is 1.57. The molecule has 1 fully saturated rings. The van der Waals surface area contributed by atoms with E-state index in [-0.39, 0.29) is 6.54 Å². The number of benzene rings is 2. The Hall–Kier alpha value is -3.36. The summed E-state index contributed by atoms with van der Waals surface area (Å²) in [6.07, 6.45) is 3.72. The molecule has 0 aliphatic carbocycles. The molecule has 7 nitrogen and oxygen atoms in total. The number of nitrogens with one attached hydrogen (secondary N) is 1. The minimum atomic E-state index is -0.457. The molecule has 0 spiro atoms. The monoisotopic (exact) mass is 449 g/mol. The minimum absolute atomic E-state index is 0.304. The van der Waals surface area contributed by atoms with Gasteiger partial charge in [-0.2, -0.15) is 0 Å². The predicted molar refractivity (Wildman–Crippen MR) is 125 cm³/mol. The molecule has 8 heteroatoms. The number of carbonyl (C=O) groups excluding carboxylic acids is 3. The smallest absolute Gasteiger partial charge is 0.294 e. The molecule has 3 amide bonds. The van der Waals surface area contributed by atoms with E-state index >= 15 is 0 Å². The number of methoxy groups -OCH3 is 1. The van der Waals surface area contributed by atoms with Crippen molar-refractivity contribution < 1.29 is 19.1 Å². The number of amides is 3. The van der Waals surface area contributed by atoms with E-state index in [0.717, 1.165) is 33.1 Å². The summed E-state index contributed by atoms with van der Waals surface area (Å²) in [7, 11) is 1.53. The van der Waals surface area contributed by atoms with E-state index < -0.39 is 17.1 Å².